The number of aromatic amines is 1. The standard InChI is InChI=1S/C15H17N3/c1-4-12(9-16)15-17-11(3)14(18-15)13-8-6-5-7-10(13)2/h5-8,12H,4H2,1-3H3,(H,17,18). The number of aromatic nitrogens is 2. The molecule has 2 rings (SSSR count). The maximum atomic E-state index is 9.09. The second kappa shape index (κ2) is 5.05. The number of rotatable bonds is 3. The number of aryl methyl sites for hydroxylation is 2. The van der Waals surface area contributed by atoms with E-state index in [4.69, 9.17) is 5.26 Å². The number of nitrogens with one attached hydrogen (secondary N) is 1. The molecule has 0 amide bonds. The minimum atomic E-state index is -0.151. The van der Waals surface area contributed by atoms with E-state index in [-0.39, 0.29) is 5.92 Å². The van der Waals surface area contributed by atoms with Crippen molar-refractivity contribution < 1.29 is 0 Å². The zero-order valence-electron chi connectivity index (χ0n) is 11.0. The van der Waals surface area contributed by atoms with E-state index in [9.17, 15) is 0 Å². The first-order valence-electron chi connectivity index (χ1n) is 6.19. The van der Waals surface area contributed by atoms with Gasteiger partial charge in [0.15, 0.2) is 0 Å². The molecular formula is C15H17N3. The number of nitrogens with zero attached hydrogens (tertiary/aromatic N) is 2. The molecule has 3 nitrogen and oxygen atoms in total. The molecule has 0 fully saturated rings. The van der Waals surface area contributed by atoms with Crippen molar-refractivity contribution in [2.45, 2.75) is 33.1 Å². The molecule has 0 spiro atoms. The zero-order valence-corrected chi connectivity index (χ0v) is 11.0. The summed E-state index contributed by atoms with van der Waals surface area (Å²) in [4.78, 5) is 7.84. The summed E-state index contributed by atoms with van der Waals surface area (Å²) in [6.07, 6.45) is 0.774. The molecule has 92 valence electrons. The van der Waals surface area contributed by atoms with E-state index < -0.39 is 0 Å². The molecule has 18 heavy (non-hydrogen) atoms. The smallest absolute Gasteiger partial charge is 0.124 e. The quantitative estimate of drug-likeness (QED) is 0.887. The van der Waals surface area contributed by atoms with Crippen LogP contribution in [-0.2, 0) is 0 Å². The third-order valence-electron chi connectivity index (χ3n) is 3.20. The molecule has 2 aromatic rings. The Kier molecular flexibility index (Phi) is 3.47. The van der Waals surface area contributed by atoms with Gasteiger partial charge in [-0.05, 0) is 25.8 Å². The van der Waals surface area contributed by atoms with Crippen LogP contribution in [0.4, 0.5) is 0 Å². The highest BCUT2D eigenvalue weighted by molar-refractivity contribution is 5.65. The van der Waals surface area contributed by atoms with Gasteiger partial charge >= 0.3 is 0 Å². The van der Waals surface area contributed by atoms with Crippen LogP contribution in [0.25, 0.3) is 11.3 Å². The number of H-pyrrole nitrogens is 1. The summed E-state index contributed by atoms with van der Waals surface area (Å²) in [6.45, 7) is 6.08. The summed E-state index contributed by atoms with van der Waals surface area (Å²) in [6, 6.07) is 10.5. The van der Waals surface area contributed by atoms with Crippen molar-refractivity contribution in [1.29, 1.82) is 5.26 Å². The van der Waals surface area contributed by atoms with Gasteiger partial charge in [0.25, 0.3) is 0 Å². The molecule has 0 aliphatic rings. The van der Waals surface area contributed by atoms with Gasteiger partial charge in [-0.15, -0.1) is 0 Å². The normalized spacial score (nSPS) is 12.1. The zero-order chi connectivity index (χ0) is 13.1. The van der Waals surface area contributed by atoms with E-state index in [0.717, 1.165) is 29.2 Å². The Hall–Kier alpha value is -2.08. The van der Waals surface area contributed by atoms with Crippen LogP contribution in [0.3, 0.4) is 0 Å². The van der Waals surface area contributed by atoms with Gasteiger partial charge in [0.1, 0.15) is 11.7 Å². The third-order valence-corrected chi connectivity index (χ3v) is 3.20. The van der Waals surface area contributed by atoms with E-state index in [1.807, 2.05) is 26.0 Å². The predicted octanol–water partition coefficient (Wildman–Crippen LogP) is 3.71. The lowest BCUT2D eigenvalue weighted by Crippen LogP contribution is -1.96. The van der Waals surface area contributed by atoms with Crippen LogP contribution in [0.15, 0.2) is 24.3 Å². The van der Waals surface area contributed by atoms with Crippen LogP contribution < -0.4 is 0 Å². The predicted molar refractivity (Wildman–Crippen MR) is 72.1 cm³/mol. The summed E-state index contributed by atoms with van der Waals surface area (Å²) in [5, 5.41) is 9.09. The third kappa shape index (κ3) is 2.14. The highest BCUT2D eigenvalue weighted by Crippen LogP contribution is 2.27. The fraction of sp³-hybridized carbons (Fsp3) is 0.333. The summed E-state index contributed by atoms with van der Waals surface area (Å²) in [5.41, 5.74) is 4.30. The molecule has 0 bridgehead atoms. The second-order valence-corrected chi connectivity index (χ2v) is 4.50. The second-order valence-electron chi connectivity index (χ2n) is 4.50. The van der Waals surface area contributed by atoms with E-state index >= 15 is 0 Å². The summed E-state index contributed by atoms with van der Waals surface area (Å²) >= 11 is 0. The summed E-state index contributed by atoms with van der Waals surface area (Å²) < 4.78 is 0. The molecule has 0 radical (unpaired) electrons. The Morgan fingerprint density at radius 3 is 2.67 bits per heavy atom. The van der Waals surface area contributed by atoms with Gasteiger partial charge in [0.2, 0.25) is 0 Å². The lowest BCUT2D eigenvalue weighted by Gasteiger charge is -2.02. The van der Waals surface area contributed by atoms with Gasteiger partial charge in [-0.3, -0.25) is 0 Å². The Labute approximate surface area is 107 Å². The van der Waals surface area contributed by atoms with E-state index in [0.29, 0.717) is 0 Å². The molecule has 1 unspecified atom stereocenters. The van der Waals surface area contributed by atoms with Gasteiger partial charge in [-0.25, -0.2) is 4.98 Å². The average molecular weight is 239 g/mol. The van der Waals surface area contributed by atoms with Crippen molar-refractivity contribution >= 4 is 0 Å². The first kappa shape index (κ1) is 12.4. The molecule has 0 aliphatic carbocycles. The minimum absolute atomic E-state index is 0.151. The molecule has 1 aromatic heterocycles. The van der Waals surface area contributed by atoms with Crippen LogP contribution in [0.1, 0.15) is 36.3 Å². The maximum absolute atomic E-state index is 9.09. The lowest BCUT2D eigenvalue weighted by atomic mass is 10.0. The first-order chi connectivity index (χ1) is 8.67. The van der Waals surface area contributed by atoms with Gasteiger partial charge in [0, 0.05) is 11.3 Å². The number of imidazole rings is 1. The first-order valence-corrected chi connectivity index (χ1v) is 6.19. The monoisotopic (exact) mass is 239 g/mol. The number of hydrogen-bond acceptors (Lipinski definition) is 2. The van der Waals surface area contributed by atoms with Crippen LogP contribution in [0, 0.1) is 25.2 Å². The maximum Gasteiger partial charge on any atom is 0.124 e. The molecule has 0 saturated carbocycles. The molecular weight excluding hydrogens is 222 g/mol. The fourth-order valence-electron chi connectivity index (χ4n) is 2.10. The minimum Gasteiger partial charge on any atom is -0.344 e. The van der Waals surface area contributed by atoms with E-state index in [2.05, 4.69) is 35.1 Å². The SMILES string of the molecule is CCC(C#N)c1nc(-c2ccccc2C)c(C)[nH]1. The fourth-order valence-corrected chi connectivity index (χ4v) is 2.10. The largest absolute Gasteiger partial charge is 0.344 e. The van der Waals surface area contributed by atoms with Crippen molar-refractivity contribution in [3.63, 3.8) is 0 Å². The van der Waals surface area contributed by atoms with Crippen LogP contribution in [0.2, 0.25) is 0 Å². The lowest BCUT2D eigenvalue weighted by molar-refractivity contribution is 0.764. The van der Waals surface area contributed by atoms with Crippen molar-refractivity contribution in [2.24, 2.45) is 0 Å². The molecule has 1 atom stereocenters. The average Bonchev–Trinajstić information content (AvgIpc) is 2.73. The van der Waals surface area contributed by atoms with Gasteiger partial charge in [-0.2, -0.15) is 5.26 Å². The Bertz CT molecular complexity index is 590. The Balaban J connectivity index is 2.48. The molecule has 1 heterocycles. The van der Waals surface area contributed by atoms with Gasteiger partial charge < -0.3 is 4.98 Å². The Morgan fingerprint density at radius 1 is 1.33 bits per heavy atom. The van der Waals surface area contributed by atoms with Crippen LogP contribution in [0.5, 0.6) is 0 Å². The highest BCUT2D eigenvalue weighted by Gasteiger charge is 2.16. The summed E-state index contributed by atoms with van der Waals surface area (Å²) in [7, 11) is 0. The van der Waals surface area contributed by atoms with Crippen molar-refractivity contribution in [1.82, 2.24) is 9.97 Å². The number of benzene rings is 1. The van der Waals surface area contributed by atoms with Crippen LogP contribution in [-0.4, -0.2) is 9.97 Å². The van der Waals surface area contributed by atoms with E-state index in [1.165, 1.54) is 5.56 Å². The Morgan fingerprint density at radius 2 is 2.06 bits per heavy atom. The van der Waals surface area contributed by atoms with Crippen LogP contribution >= 0.6 is 0 Å². The van der Waals surface area contributed by atoms with Gasteiger partial charge in [-0.1, -0.05) is 31.2 Å². The summed E-state index contributed by atoms with van der Waals surface area (Å²) in [5.74, 6) is 0.622. The number of nitriles is 1. The molecule has 0 aliphatic heterocycles. The van der Waals surface area contributed by atoms with Gasteiger partial charge in [0.05, 0.1) is 11.8 Å². The molecule has 1 aromatic carbocycles. The van der Waals surface area contributed by atoms with Crippen molar-refractivity contribution in [2.75, 3.05) is 0 Å². The molecule has 3 heteroatoms. The molecule has 1 N–H and O–H groups in total. The highest BCUT2D eigenvalue weighted by atomic mass is 14.9. The number of hydrogen-bond donors (Lipinski definition) is 1. The van der Waals surface area contributed by atoms with Crippen molar-refractivity contribution in [3.05, 3.63) is 41.3 Å². The van der Waals surface area contributed by atoms with E-state index in [1.54, 1.807) is 0 Å². The topological polar surface area (TPSA) is 52.5 Å². The molecule has 0 saturated heterocycles. The van der Waals surface area contributed by atoms with Crippen molar-refractivity contribution in [3.8, 4) is 17.3 Å².